The smallest absolute Gasteiger partial charge is 0.265 e. The molecule has 0 aliphatic rings. The van der Waals surface area contributed by atoms with E-state index in [0.29, 0.717) is 49.3 Å². The average Bonchev–Trinajstić information content (AvgIpc) is 2.80. The fourth-order valence-electron chi connectivity index (χ4n) is 3.15. The van der Waals surface area contributed by atoms with Crippen LogP contribution in [-0.4, -0.2) is 59.5 Å². The summed E-state index contributed by atoms with van der Waals surface area (Å²) >= 11 is 0. The van der Waals surface area contributed by atoms with Crippen LogP contribution >= 0.6 is 0 Å². The second-order valence-corrected chi connectivity index (χ2v) is 7.96. The van der Waals surface area contributed by atoms with Gasteiger partial charge >= 0.3 is 0 Å². The van der Waals surface area contributed by atoms with Gasteiger partial charge in [-0.1, -0.05) is 13.3 Å². The van der Waals surface area contributed by atoms with Gasteiger partial charge in [0.2, 0.25) is 0 Å². The quantitative estimate of drug-likeness (QED) is 0.359. The zero-order chi connectivity index (χ0) is 24.1. The molecule has 2 rings (SSSR count). The van der Waals surface area contributed by atoms with Crippen molar-refractivity contribution in [2.24, 2.45) is 0 Å². The summed E-state index contributed by atoms with van der Waals surface area (Å²) in [6, 6.07) is 12.9. The molecule has 8 heteroatoms. The van der Waals surface area contributed by atoms with Crippen LogP contribution in [0.1, 0.15) is 33.6 Å². The third-order valence-electron chi connectivity index (χ3n) is 4.92. The van der Waals surface area contributed by atoms with E-state index < -0.39 is 0 Å². The van der Waals surface area contributed by atoms with Crippen LogP contribution in [0.25, 0.3) is 0 Å². The number of nitrogens with one attached hydrogen (secondary N) is 1. The highest BCUT2D eigenvalue weighted by Gasteiger charge is 2.22. The van der Waals surface area contributed by atoms with Gasteiger partial charge in [0.1, 0.15) is 23.0 Å². The van der Waals surface area contributed by atoms with Gasteiger partial charge in [0.15, 0.2) is 6.61 Å². The predicted molar refractivity (Wildman–Crippen MR) is 131 cm³/mol. The monoisotopic (exact) mass is 494 g/mol. The Bertz CT molecular complexity index is 846. The van der Waals surface area contributed by atoms with E-state index in [0.717, 1.165) is 25.1 Å². The molecule has 0 fully saturated rings. The molecule has 0 aliphatic heterocycles. The number of ether oxygens (including phenoxy) is 4. The number of nitrogens with zero attached hydrogens (tertiary/aromatic N) is 1. The van der Waals surface area contributed by atoms with E-state index in [1.54, 1.807) is 4.90 Å². The van der Waals surface area contributed by atoms with Gasteiger partial charge in [0.25, 0.3) is 5.91 Å². The average molecular weight is 495 g/mol. The van der Waals surface area contributed by atoms with Crippen LogP contribution in [0.2, 0.25) is 0 Å². The number of benzene rings is 2. The van der Waals surface area contributed by atoms with E-state index in [1.165, 1.54) is 4.90 Å². The summed E-state index contributed by atoms with van der Waals surface area (Å²) in [7, 11) is 4.12. The number of carbonyl (C=O) groups is 1. The number of halogens is 1. The highest BCUT2D eigenvalue weighted by molar-refractivity contribution is 5.96. The number of rotatable bonds is 15. The first kappa shape index (κ1) is 29.4. The lowest BCUT2D eigenvalue weighted by Gasteiger charge is -2.26. The molecule has 0 saturated heterocycles. The molecule has 1 N–H and O–H groups in total. The van der Waals surface area contributed by atoms with Crippen LogP contribution in [0.4, 0.5) is 5.69 Å². The van der Waals surface area contributed by atoms with E-state index >= 15 is 0 Å². The third kappa shape index (κ3) is 9.69. The first-order valence-electron chi connectivity index (χ1n) is 11.8. The van der Waals surface area contributed by atoms with Crippen molar-refractivity contribution >= 4 is 11.6 Å². The zero-order valence-corrected chi connectivity index (χ0v) is 21.8. The summed E-state index contributed by atoms with van der Waals surface area (Å²) in [6.45, 7) is 8.96. The highest BCUT2D eigenvalue weighted by atomic mass is 35.5. The number of unbranched alkanes of at least 4 members (excludes halogenated alkanes) is 1. The Morgan fingerprint density at radius 3 is 2.06 bits per heavy atom. The SMILES string of the molecule is CCCCOc1ccc(OCC(=O)N(CC[NH+](C)C)c2cc(OCC)ccc2OCC)cc1.[Cl-]. The van der Waals surface area contributed by atoms with Crippen molar-refractivity contribution in [1.82, 2.24) is 0 Å². The molecule has 190 valence electrons. The molecular weight excluding hydrogens is 456 g/mol. The predicted octanol–water partition coefficient (Wildman–Crippen LogP) is 0.223. The van der Waals surface area contributed by atoms with E-state index in [1.807, 2.05) is 56.3 Å². The summed E-state index contributed by atoms with van der Waals surface area (Å²) in [5.74, 6) is 2.63. The van der Waals surface area contributed by atoms with Gasteiger partial charge < -0.3 is 41.2 Å². The lowest BCUT2D eigenvalue weighted by Crippen LogP contribution is -3.06. The van der Waals surface area contributed by atoms with Crippen LogP contribution < -0.4 is 41.2 Å². The number of carbonyl (C=O) groups excluding carboxylic acids is 1. The minimum atomic E-state index is -0.144. The maximum absolute atomic E-state index is 13.3. The van der Waals surface area contributed by atoms with Crippen molar-refractivity contribution in [3.63, 3.8) is 0 Å². The molecule has 0 aromatic heterocycles. The summed E-state index contributed by atoms with van der Waals surface area (Å²) in [6.07, 6.45) is 2.11. The molecule has 7 nitrogen and oxygen atoms in total. The fraction of sp³-hybridized carbons (Fsp3) is 0.500. The van der Waals surface area contributed by atoms with E-state index in [9.17, 15) is 4.79 Å². The Balaban J connectivity index is 0.00000578. The highest BCUT2D eigenvalue weighted by Crippen LogP contribution is 2.33. The standard InChI is InChI=1S/C26H38N2O5.ClH/c1-6-9-18-32-21-10-12-22(13-11-21)33-20-26(29)28(17-16-27(4)5)24-19-23(30-7-2)14-15-25(24)31-8-3;/h10-15,19H,6-9,16-18,20H2,1-5H3;1H. The topological polar surface area (TPSA) is 61.7 Å². The number of amides is 1. The van der Waals surface area contributed by atoms with Gasteiger partial charge in [-0.2, -0.15) is 0 Å². The van der Waals surface area contributed by atoms with Crippen molar-refractivity contribution in [2.75, 3.05) is 58.5 Å². The summed E-state index contributed by atoms with van der Waals surface area (Å²) < 4.78 is 23.0. The van der Waals surface area contributed by atoms with Crippen molar-refractivity contribution in [3.05, 3.63) is 42.5 Å². The molecule has 0 atom stereocenters. The number of quaternary nitrogens is 1. The minimum Gasteiger partial charge on any atom is -1.00 e. The lowest BCUT2D eigenvalue weighted by molar-refractivity contribution is -0.856. The van der Waals surface area contributed by atoms with E-state index in [4.69, 9.17) is 18.9 Å². The van der Waals surface area contributed by atoms with E-state index in [2.05, 4.69) is 21.0 Å². The molecule has 0 bridgehead atoms. The molecular formula is C26H39ClN2O5. The van der Waals surface area contributed by atoms with Gasteiger partial charge in [0, 0.05) is 6.07 Å². The number of anilines is 1. The Kier molecular flexibility index (Phi) is 13.9. The van der Waals surface area contributed by atoms with Crippen molar-refractivity contribution in [2.45, 2.75) is 33.6 Å². The Morgan fingerprint density at radius 1 is 0.853 bits per heavy atom. The molecule has 0 spiro atoms. The van der Waals surface area contributed by atoms with Crippen LogP contribution in [-0.2, 0) is 4.79 Å². The van der Waals surface area contributed by atoms with Crippen LogP contribution in [0.15, 0.2) is 42.5 Å². The van der Waals surface area contributed by atoms with Crippen LogP contribution in [0, 0.1) is 0 Å². The van der Waals surface area contributed by atoms with Gasteiger partial charge in [0.05, 0.1) is 52.7 Å². The molecule has 0 unspecified atom stereocenters. The number of hydrogen-bond acceptors (Lipinski definition) is 5. The molecule has 2 aromatic rings. The summed E-state index contributed by atoms with van der Waals surface area (Å²) in [5, 5.41) is 0. The van der Waals surface area contributed by atoms with Crippen molar-refractivity contribution in [1.29, 1.82) is 0 Å². The van der Waals surface area contributed by atoms with Gasteiger partial charge in [-0.05, 0) is 56.7 Å². The van der Waals surface area contributed by atoms with Gasteiger partial charge in [-0.15, -0.1) is 0 Å². The maximum atomic E-state index is 13.3. The van der Waals surface area contributed by atoms with Gasteiger partial charge in [-0.25, -0.2) is 0 Å². The molecule has 0 aliphatic carbocycles. The van der Waals surface area contributed by atoms with Gasteiger partial charge in [-0.3, -0.25) is 4.79 Å². The Labute approximate surface area is 210 Å². The number of hydrogen-bond donors (Lipinski definition) is 1. The van der Waals surface area contributed by atoms with Crippen LogP contribution in [0.3, 0.4) is 0 Å². The Hall–Kier alpha value is -2.64. The lowest BCUT2D eigenvalue weighted by atomic mass is 10.2. The maximum Gasteiger partial charge on any atom is 0.265 e. The second-order valence-electron chi connectivity index (χ2n) is 7.96. The molecule has 34 heavy (non-hydrogen) atoms. The third-order valence-corrected chi connectivity index (χ3v) is 4.92. The first-order chi connectivity index (χ1) is 16.0. The summed E-state index contributed by atoms with van der Waals surface area (Å²) in [5.41, 5.74) is 0.692. The van der Waals surface area contributed by atoms with E-state index in [-0.39, 0.29) is 24.9 Å². The Morgan fingerprint density at radius 2 is 1.47 bits per heavy atom. The molecule has 0 heterocycles. The fourth-order valence-corrected chi connectivity index (χ4v) is 3.15. The molecule has 0 radical (unpaired) electrons. The zero-order valence-electron chi connectivity index (χ0n) is 21.1. The van der Waals surface area contributed by atoms with Crippen molar-refractivity contribution < 1.29 is 41.0 Å². The summed E-state index contributed by atoms with van der Waals surface area (Å²) in [4.78, 5) is 16.2. The normalized spacial score (nSPS) is 10.4. The molecule has 0 saturated carbocycles. The molecule has 2 aromatic carbocycles. The first-order valence-corrected chi connectivity index (χ1v) is 11.8. The van der Waals surface area contributed by atoms with Crippen molar-refractivity contribution in [3.8, 4) is 23.0 Å². The largest absolute Gasteiger partial charge is 1.00 e. The molecule has 1 amide bonds. The second kappa shape index (κ2) is 16.1. The number of likely N-dealkylation sites (N-methyl/N-ethyl adjacent to an activating group) is 1. The minimum absolute atomic E-state index is 0. The van der Waals surface area contributed by atoms with Crippen LogP contribution in [0.5, 0.6) is 23.0 Å².